The maximum Gasteiger partial charge on any atom is 0.418 e. The lowest BCUT2D eigenvalue weighted by Gasteiger charge is -2.31. The molecule has 18 heavy (non-hydrogen) atoms. The summed E-state index contributed by atoms with van der Waals surface area (Å²) in [6, 6.07) is 4.66. The van der Waals surface area contributed by atoms with Gasteiger partial charge in [-0.05, 0) is 24.1 Å². The Morgan fingerprint density at radius 1 is 1.22 bits per heavy atom. The standard InChI is InChI=1S/C13H17F3N2/c1-2-10-3-4-12(11(9-10)13(14,15)16)18-7-5-17-6-8-18/h3-4,9,17H,2,5-8H2,1H3. The Morgan fingerprint density at radius 2 is 1.89 bits per heavy atom. The summed E-state index contributed by atoms with van der Waals surface area (Å²) in [5.41, 5.74) is 0.520. The summed E-state index contributed by atoms with van der Waals surface area (Å²) in [7, 11) is 0. The molecule has 0 radical (unpaired) electrons. The fraction of sp³-hybridized carbons (Fsp3) is 0.538. The SMILES string of the molecule is CCc1ccc(N2CCNCC2)c(C(F)(F)F)c1. The third kappa shape index (κ3) is 2.77. The molecule has 1 aromatic rings. The average Bonchev–Trinajstić information content (AvgIpc) is 2.38. The first-order chi connectivity index (χ1) is 8.52. The first kappa shape index (κ1) is 13.2. The fourth-order valence-electron chi connectivity index (χ4n) is 2.21. The Morgan fingerprint density at radius 3 is 2.44 bits per heavy atom. The normalized spacial score (nSPS) is 17.0. The molecule has 2 nitrogen and oxygen atoms in total. The van der Waals surface area contributed by atoms with Gasteiger partial charge in [-0.25, -0.2) is 0 Å². The van der Waals surface area contributed by atoms with Gasteiger partial charge in [0.2, 0.25) is 0 Å². The van der Waals surface area contributed by atoms with Crippen molar-refractivity contribution in [3.63, 3.8) is 0 Å². The molecule has 0 aliphatic carbocycles. The van der Waals surface area contributed by atoms with Crippen LogP contribution in [0.3, 0.4) is 0 Å². The van der Waals surface area contributed by atoms with Gasteiger partial charge in [-0.15, -0.1) is 0 Å². The molecule has 1 saturated heterocycles. The van der Waals surface area contributed by atoms with Crippen LogP contribution in [0.5, 0.6) is 0 Å². The zero-order valence-electron chi connectivity index (χ0n) is 10.3. The maximum atomic E-state index is 13.1. The molecule has 0 aromatic heterocycles. The van der Waals surface area contributed by atoms with Crippen LogP contribution in [0.25, 0.3) is 0 Å². The quantitative estimate of drug-likeness (QED) is 0.877. The molecule has 2 rings (SSSR count). The highest BCUT2D eigenvalue weighted by Gasteiger charge is 2.35. The predicted molar refractivity (Wildman–Crippen MR) is 65.9 cm³/mol. The summed E-state index contributed by atoms with van der Waals surface area (Å²) in [5, 5.41) is 3.14. The summed E-state index contributed by atoms with van der Waals surface area (Å²) >= 11 is 0. The highest BCUT2D eigenvalue weighted by molar-refractivity contribution is 5.56. The van der Waals surface area contributed by atoms with E-state index in [1.807, 2.05) is 6.92 Å². The van der Waals surface area contributed by atoms with Gasteiger partial charge in [-0.1, -0.05) is 13.0 Å². The molecule has 100 valence electrons. The molecule has 1 aliphatic heterocycles. The van der Waals surface area contributed by atoms with E-state index in [1.165, 1.54) is 6.07 Å². The van der Waals surface area contributed by atoms with Gasteiger partial charge in [0, 0.05) is 31.9 Å². The molecule has 1 aliphatic rings. The molecule has 0 saturated carbocycles. The average molecular weight is 258 g/mol. The first-order valence-electron chi connectivity index (χ1n) is 6.18. The molecule has 1 heterocycles. The van der Waals surface area contributed by atoms with Crippen molar-refractivity contribution < 1.29 is 13.2 Å². The van der Waals surface area contributed by atoms with E-state index >= 15 is 0 Å². The van der Waals surface area contributed by atoms with E-state index in [2.05, 4.69) is 5.32 Å². The minimum absolute atomic E-state index is 0.307. The minimum atomic E-state index is -4.29. The molecule has 0 bridgehead atoms. The number of nitrogens with zero attached hydrogens (tertiary/aromatic N) is 1. The Kier molecular flexibility index (Phi) is 3.80. The molecule has 0 amide bonds. The van der Waals surface area contributed by atoms with Crippen LogP contribution in [0.1, 0.15) is 18.1 Å². The van der Waals surface area contributed by atoms with E-state index in [0.29, 0.717) is 25.2 Å². The van der Waals surface area contributed by atoms with Gasteiger partial charge in [0.25, 0.3) is 0 Å². The number of hydrogen-bond donors (Lipinski definition) is 1. The number of aryl methyl sites for hydroxylation is 1. The second kappa shape index (κ2) is 5.18. The lowest BCUT2D eigenvalue weighted by molar-refractivity contribution is -0.137. The van der Waals surface area contributed by atoms with E-state index < -0.39 is 11.7 Å². The first-order valence-corrected chi connectivity index (χ1v) is 6.18. The molecule has 5 heteroatoms. The van der Waals surface area contributed by atoms with Gasteiger partial charge >= 0.3 is 6.18 Å². The topological polar surface area (TPSA) is 15.3 Å². The van der Waals surface area contributed by atoms with Crippen molar-refractivity contribution in [3.8, 4) is 0 Å². The predicted octanol–water partition coefficient (Wildman–Crippen LogP) is 2.68. The Labute approximate surface area is 105 Å². The number of piperazine rings is 1. The summed E-state index contributed by atoms with van der Waals surface area (Å²) in [6.45, 7) is 4.56. The Balaban J connectivity index is 2.38. The summed E-state index contributed by atoms with van der Waals surface area (Å²) in [5.74, 6) is 0. The van der Waals surface area contributed by atoms with Gasteiger partial charge in [-0.2, -0.15) is 13.2 Å². The van der Waals surface area contributed by atoms with Crippen molar-refractivity contribution in [2.45, 2.75) is 19.5 Å². The highest BCUT2D eigenvalue weighted by Crippen LogP contribution is 2.37. The fourth-order valence-corrected chi connectivity index (χ4v) is 2.21. The molecule has 1 fully saturated rings. The van der Waals surface area contributed by atoms with Crippen LogP contribution in [0.4, 0.5) is 18.9 Å². The second-order valence-electron chi connectivity index (χ2n) is 4.44. The van der Waals surface area contributed by atoms with Crippen molar-refractivity contribution in [1.29, 1.82) is 0 Å². The number of alkyl halides is 3. The van der Waals surface area contributed by atoms with Crippen LogP contribution in [-0.2, 0) is 12.6 Å². The van der Waals surface area contributed by atoms with E-state index in [1.54, 1.807) is 17.0 Å². The lowest BCUT2D eigenvalue weighted by atomic mass is 10.0. The second-order valence-corrected chi connectivity index (χ2v) is 4.44. The van der Waals surface area contributed by atoms with Crippen LogP contribution >= 0.6 is 0 Å². The van der Waals surface area contributed by atoms with Crippen LogP contribution in [0.15, 0.2) is 18.2 Å². The number of nitrogens with one attached hydrogen (secondary N) is 1. The van der Waals surface area contributed by atoms with Crippen molar-refractivity contribution in [1.82, 2.24) is 5.32 Å². The number of rotatable bonds is 2. The molecule has 0 unspecified atom stereocenters. The summed E-state index contributed by atoms with van der Waals surface area (Å²) < 4.78 is 39.2. The summed E-state index contributed by atoms with van der Waals surface area (Å²) in [6.07, 6.45) is -3.67. The summed E-state index contributed by atoms with van der Waals surface area (Å²) in [4.78, 5) is 1.80. The number of benzene rings is 1. The zero-order chi connectivity index (χ0) is 13.2. The van der Waals surface area contributed by atoms with Crippen molar-refractivity contribution in [3.05, 3.63) is 29.3 Å². The highest BCUT2D eigenvalue weighted by atomic mass is 19.4. The van der Waals surface area contributed by atoms with Gasteiger partial charge in [-0.3, -0.25) is 0 Å². The minimum Gasteiger partial charge on any atom is -0.368 e. The molecule has 1 N–H and O–H groups in total. The molecule has 1 aromatic carbocycles. The van der Waals surface area contributed by atoms with Crippen molar-refractivity contribution in [2.75, 3.05) is 31.1 Å². The van der Waals surface area contributed by atoms with Crippen molar-refractivity contribution in [2.24, 2.45) is 0 Å². The molecular weight excluding hydrogens is 241 g/mol. The van der Waals surface area contributed by atoms with E-state index in [0.717, 1.165) is 18.7 Å². The van der Waals surface area contributed by atoms with Crippen LogP contribution < -0.4 is 10.2 Å². The molecule has 0 spiro atoms. The van der Waals surface area contributed by atoms with Crippen LogP contribution in [-0.4, -0.2) is 26.2 Å². The van der Waals surface area contributed by atoms with Crippen LogP contribution in [0, 0.1) is 0 Å². The lowest BCUT2D eigenvalue weighted by Crippen LogP contribution is -2.44. The third-order valence-corrected chi connectivity index (χ3v) is 3.23. The van der Waals surface area contributed by atoms with Crippen molar-refractivity contribution >= 4 is 5.69 Å². The van der Waals surface area contributed by atoms with Gasteiger partial charge in [0.05, 0.1) is 5.56 Å². The van der Waals surface area contributed by atoms with Gasteiger partial charge in [0.15, 0.2) is 0 Å². The molecule has 0 atom stereocenters. The number of halogens is 3. The van der Waals surface area contributed by atoms with E-state index in [-0.39, 0.29) is 0 Å². The van der Waals surface area contributed by atoms with E-state index in [4.69, 9.17) is 0 Å². The largest absolute Gasteiger partial charge is 0.418 e. The smallest absolute Gasteiger partial charge is 0.368 e. The number of hydrogen-bond acceptors (Lipinski definition) is 2. The van der Waals surface area contributed by atoms with Crippen LogP contribution in [0.2, 0.25) is 0 Å². The third-order valence-electron chi connectivity index (χ3n) is 3.23. The zero-order valence-corrected chi connectivity index (χ0v) is 10.3. The Bertz CT molecular complexity index is 409. The molecular formula is C13H17F3N2. The monoisotopic (exact) mass is 258 g/mol. The number of anilines is 1. The van der Waals surface area contributed by atoms with Gasteiger partial charge < -0.3 is 10.2 Å². The van der Waals surface area contributed by atoms with E-state index in [9.17, 15) is 13.2 Å². The van der Waals surface area contributed by atoms with Gasteiger partial charge in [0.1, 0.15) is 0 Å². The maximum absolute atomic E-state index is 13.1. The Hall–Kier alpha value is -1.23.